The van der Waals surface area contributed by atoms with Crippen LogP contribution < -0.4 is 10.9 Å². The topological polar surface area (TPSA) is 82.3 Å². The molecule has 2 aromatic heterocycles. The van der Waals surface area contributed by atoms with Crippen LogP contribution in [0.4, 0.5) is 0 Å². The molecule has 0 fully saturated rings. The quantitative estimate of drug-likeness (QED) is 0.700. The van der Waals surface area contributed by atoms with Crippen LogP contribution in [0, 0.1) is 0 Å². The number of amides is 2. The number of fused-ring (bicyclic) bond motifs is 1. The van der Waals surface area contributed by atoms with Gasteiger partial charge in [0.1, 0.15) is 0 Å². The summed E-state index contributed by atoms with van der Waals surface area (Å²) in [7, 11) is 0. The van der Waals surface area contributed by atoms with Crippen LogP contribution in [-0.2, 0) is 11.3 Å². The summed E-state index contributed by atoms with van der Waals surface area (Å²) in [5.41, 5.74) is 0.559. The lowest BCUT2D eigenvalue weighted by Crippen LogP contribution is -2.40. The number of pyridine rings is 1. The summed E-state index contributed by atoms with van der Waals surface area (Å²) < 4.78 is 0. The smallest absolute Gasteiger partial charge is 0.255 e. The maximum absolute atomic E-state index is 12.9. The molecule has 0 atom stereocenters. The molecule has 2 N–H and O–H groups in total. The third-order valence-electron chi connectivity index (χ3n) is 4.02. The van der Waals surface area contributed by atoms with E-state index in [-0.39, 0.29) is 23.9 Å². The Morgan fingerprint density at radius 2 is 2.00 bits per heavy atom. The SMILES string of the molecule is CCN(CC(=O)NCc1cccs1)C(=O)c1cc(=O)[nH]c2ccccc12. The number of carbonyl (C=O) groups is 2. The van der Waals surface area contributed by atoms with Crippen molar-refractivity contribution in [1.82, 2.24) is 15.2 Å². The van der Waals surface area contributed by atoms with Gasteiger partial charge in [-0.05, 0) is 24.4 Å². The standard InChI is InChI=1S/C19H19N3O3S/c1-2-22(12-18(24)20-11-13-6-5-9-26-13)19(25)15-10-17(23)21-16-8-4-3-7-14(15)16/h3-10H,2,11-12H2,1H3,(H,20,24)(H,21,23). The first-order valence-corrected chi connectivity index (χ1v) is 9.17. The van der Waals surface area contributed by atoms with Gasteiger partial charge < -0.3 is 15.2 Å². The van der Waals surface area contributed by atoms with Gasteiger partial charge in [0, 0.05) is 28.4 Å². The lowest BCUT2D eigenvalue weighted by atomic mass is 10.1. The van der Waals surface area contributed by atoms with Gasteiger partial charge >= 0.3 is 0 Å². The van der Waals surface area contributed by atoms with E-state index in [0.29, 0.717) is 29.6 Å². The second kappa shape index (κ2) is 7.97. The van der Waals surface area contributed by atoms with Crippen LogP contribution in [-0.4, -0.2) is 34.8 Å². The number of aromatic amines is 1. The first kappa shape index (κ1) is 17.9. The number of thiophene rings is 1. The number of rotatable bonds is 6. The number of hydrogen-bond donors (Lipinski definition) is 2. The molecule has 7 heteroatoms. The zero-order valence-corrected chi connectivity index (χ0v) is 15.1. The second-order valence-electron chi connectivity index (χ2n) is 5.77. The maximum Gasteiger partial charge on any atom is 0.255 e. The van der Waals surface area contributed by atoms with Crippen LogP contribution in [0.1, 0.15) is 22.2 Å². The van der Waals surface area contributed by atoms with Crippen molar-refractivity contribution < 1.29 is 9.59 Å². The van der Waals surface area contributed by atoms with Gasteiger partial charge in [-0.3, -0.25) is 14.4 Å². The van der Waals surface area contributed by atoms with Crippen molar-refractivity contribution in [3.05, 3.63) is 68.6 Å². The molecule has 0 aliphatic carbocycles. The number of nitrogens with zero attached hydrogens (tertiary/aromatic N) is 1. The number of hydrogen-bond acceptors (Lipinski definition) is 4. The highest BCUT2D eigenvalue weighted by molar-refractivity contribution is 7.09. The van der Waals surface area contributed by atoms with E-state index in [1.807, 2.05) is 17.5 Å². The highest BCUT2D eigenvalue weighted by atomic mass is 32.1. The molecular formula is C19H19N3O3S. The van der Waals surface area contributed by atoms with Crippen molar-refractivity contribution in [2.24, 2.45) is 0 Å². The third-order valence-corrected chi connectivity index (χ3v) is 4.90. The van der Waals surface area contributed by atoms with Gasteiger partial charge in [-0.1, -0.05) is 24.3 Å². The fourth-order valence-corrected chi connectivity index (χ4v) is 3.35. The van der Waals surface area contributed by atoms with Crippen molar-refractivity contribution in [2.45, 2.75) is 13.5 Å². The van der Waals surface area contributed by atoms with E-state index in [4.69, 9.17) is 0 Å². The summed E-state index contributed by atoms with van der Waals surface area (Å²) in [6, 6.07) is 12.3. The fraction of sp³-hybridized carbons (Fsp3) is 0.211. The molecule has 0 spiro atoms. The summed E-state index contributed by atoms with van der Waals surface area (Å²) in [5, 5.41) is 5.42. The summed E-state index contributed by atoms with van der Waals surface area (Å²) in [6.45, 7) is 2.56. The second-order valence-corrected chi connectivity index (χ2v) is 6.80. The Hall–Kier alpha value is -2.93. The molecule has 6 nitrogen and oxygen atoms in total. The first-order chi connectivity index (χ1) is 12.6. The summed E-state index contributed by atoms with van der Waals surface area (Å²) in [6.07, 6.45) is 0. The number of carbonyl (C=O) groups excluding carboxylic acids is 2. The van der Waals surface area contributed by atoms with E-state index >= 15 is 0 Å². The average Bonchev–Trinajstić information content (AvgIpc) is 3.16. The Morgan fingerprint density at radius 3 is 2.73 bits per heavy atom. The lowest BCUT2D eigenvalue weighted by molar-refractivity contribution is -0.121. The molecule has 0 saturated heterocycles. The van der Waals surface area contributed by atoms with Crippen LogP contribution in [0.2, 0.25) is 0 Å². The van der Waals surface area contributed by atoms with Gasteiger partial charge in [0.2, 0.25) is 11.5 Å². The summed E-state index contributed by atoms with van der Waals surface area (Å²) >= 11 is 1.56. The van der Waals surface area contributed by atoms with Crippen molar-refractivity contribution in [2.75, 3.05) is 13.1 Å². The number of likely N-dealkylation sites (N-methyl/N-ethyl adjacent to an activating group) is 1. The molecule has 0 unspecified atom stereocenters. The molecule has 1 aromatic carbocycles. The fourth-order valence-electron chi connectivity index (χ4n) is 2.71. The van der Waals surface area contributed by atoms with Crippen LogP contribution in [0.15, 0.2) is 52.6 Å². The molecule has 0 bridgehead atoms. The van der Waals surface area contributed by atoms with Crippen LogP contribution in [0.3, 0.4) is 0 Å². The largest absolute Gasteiger partial charge is 0.350 e. The normalized spacial score (nSPS) is 10.7. The van der Waals surface area contributed by atoms with Crippen molar-refractivity contribution >= 4 is 34.1 Å². The molecule has 134 valence electrons. The minimum absolute atomic E-state index is 0.0537. The molecule has 3 rings (SSSR count). The first-order valence-electron chi connectivity index (χ1n) is 8.29. The minimum atomic E-state index is -0.342. The Kier molecular flexibility index (Phi) is 5.48. The third kappa shape index (κ3) is 4.00. The van der Waals surface area contributed by atoms with E-state index < -0.39 is 0 Å². The van der Waals surface area contributed by atoms with E-state index in [1.165, 1.54) is 11.0 Å². The van der Waals surface area contributed by atoms with Crippen molar-refractivity contribution in [3.63, 3.8) is 0 Å². The van der Waals surface area contributed by atoms with Crippen molar-refractivity contribution in [1.29, 1.82) is 0 Å². The molecule has 3 aromatic rings. The van der Waals surface area contributed by atoms with Crippen LogP contribution in [0.5, 0.6) is 0 Å². The Balaban J connectivity index is 1.76. The molecule has 26 heavy (non-hydrogen) atoms. The Morgan fingerprint density at radius 1 is 1.19 bits per heavy atom. The van der Waals surface area contributed by atoms with Gasteiger partial charge in [0.25, 0.3) is 5.91 Å². The van der Waals surface area contributed by atoms with Gasteiger partial charge in [0.05, 0.1) is 18.7 Å². The zero-order chi connectivity index (χ0) is 18.5. The van der Waals surface area contributed by atoms with E-state index in [1.54, 1.807) is 42.5 Å². The molecular weight excluding hydrogens is 350 g/mol. The predicted molar refractivity (Wildman–Crippen MR) is 102 cm³/mol. The van der Waals surface area contributed by atoms with Gasteiger partial charge in [0.15, 0.2) is 0 Å². The Labute approximate surface area is 154 Å². The predicted octanol–water partition coefficient (Wildman–Crippen LogP) is 2.37. The highest BCUT2D eigenvalue weighted by Gasteiger charge is 2.20. The molecule has 0 radical (unpaired) electrons. The van der Waals surface area contributed by atoms with Gasteiger partial charge in [-0.2, -0.15) is 0 Å². The Bertz CT molecular complexity index is 979. The minimum Gasteiger partial charge on any atom is -0.350 e. The summed E-state index contributed by atoms with van der Waals surface area (Å²) in [4.78, 5) is 42.2. The number of aromatic nitrogens is 1. The lowest BCUT2D eigenvalue weighted by Gasteiger charge is -2.21. The molecule has 2 amide bonds. The number of benzene rings is 1. The average molecular weight is 369 g/mol. The van der Waals surface area contributed by atoms with E-state index in [0.717, 1.165) is 4.88 Å². The monoisotopic (exact) mass is 369 g/mol. The molecule has 0 saturated carbocycles. The molecule has 0 aliphatic heterocycles. The number of para-hydroxylation sites is 1. The van der Waals surface area contributed by atoms with E-state index in [9.17, 15) is 14.4 Å². The molecule has 2 heterocycles. The highest BCUT2D eigenvalue weighted by Crippen LogP contribution is 2.16. The summed E-state index contributed by atoms with van der Waals surface area (Å²) in [5.74, 6) is -0.566. The zero-order valence-electron chi connectivity index (χ0n) is 14.3. The maximum atomic E-state index is 12.9. The van der Waals surface area contributed by atoms with Crippen LogP contribution in [0.25, 0.3) is 10.9 Å². The van der Waals surface area contributed by atoms with E-state index in [2.05, 4.69) is 10.3 Å². The van der Waals surface area contributed by atoms with Gasteiger partial charge in [-0.25, -0.2) is 0 Å². The van der Waals surface area contributed by atoms with Crippen LogP contribution >= 0.6 is 11.3 Å². The number of nitrogens with one attached hydrogen (secondary N) is 2. The molecule has 0 aliphatic rings. The van der Waals surface area contributed by atoms with Crippen molar-refractivity contribution in [3.8, 4) is 0 Å². The number of H-pyrrole nitrogens is 1. The van der Waals surface area contributed by atoms with Gasteiger partial charge in [-0.15, -0.1) is 11.3 Å².